The molecule has 0 aliphatic carbocycles. The summed E-state index contributed by atoms with van der Waals surface area (Å²) in [5.74, 6) is -0.808. The molecule has 1 aliphatic rings. The second-order valence-corrected chi connectivity index (χ2v) is 3.95. The number of carboxylic acid groups (broad SMARTS) is 1. The summed E-state index contributed by atoms with van der Waals surface area (Å²) in [5, 5.41) is 12.5. The van der Waals surface area contributed by atoms with E-state index in [1.807, 2.05) is 11.8 Å². The van der Waals surface area contributed by atoms with Crippen LogP contribution in [0.3, 0.4) is 0 Å². The molecule has 5 nitrogen and oxygen atoms in total. The van der Waals surface area contributed by atoms with Crippen LogP contribution >= 0.6 is 0 Å². The third-order valence-corrected chi connectivity index (χ3v) is 2.86. The van der Waals surface area contributed by atoms with Crippen LogP contribution in [0.15, 0.2) is 0 Å². The molecule has 0 bridgehead atoms. The number of carbonyl (C=O) groups is 1. The first-order valence-electron chi connectivity index (χ1n) is 5.38. The van der Waals surface area contributed by atoms with Crippen LogP contribution in [0.4, 0.5) is 0 Å². The summed E-state index contributed by atoms with van der Waals surface area (Å²) in [6.07, 6.45) is 0. The van der Waals surface area contributed by atoms with Crippen molar-refractivity contribution in [2.24, 2.45) is 0 Å². The first kappa shape index (κ1) is 12.4. The molecule has 15 heavy (non-hydrogen) atoms. The zero-order valence-electron chi connectivity index (χ0n) is 9.45. The predicted molar refractivity (Wildman–Crippen MR) is 57.0 cm³/mol. The lowest BCUT2D eigenvalue weighted by molar-refractivity contribution is -0.155. The van der Waals surface area contributed by atoms with Crippen molar-refractivity contribution < 1.29 is 14.6 Å². The minimum atomic E-state index is -0.891. The molecule has 1 saturated heterocycles. The Labute approximate surface area is 90.4 Å². The lowest BCUT2D eigenvalue weighted by Crippen LogP contribution is -2.60. The molecule has 0 amide bonds. The van der Waals surface area contributed by atoms with Crippen LogP contribution in [0, 0.1) is 0 Å². The number of hydrogen-bond donors (Lipinski definition) is 2. The molecular formula is C10H20N2O3. The number of aliphatic carboxylic acids is 1. The minimum absolute atomic E-state index is 0.249. The van der Waals surface area contributed by atoms with Gasteiger partial charge in [-0.25, -0.2) is 0 Å². The molecule has 2 N–H and O–H groups in total. The highest BCUT2D eigenvalue weighted by Gasteiger charge is 2.40. The molecular weight excluding hydrogens is 196 g/mol. The van der Waals surface area contributed by atoms with E-state index in [0.29, 0.717) is 6.61 Å². The number of piperazine rings is 1. The molecule has 0 radical (unpaired) electrons. The van der Waals surface area contributed by atoms with Crippen LogP contribution in [-0.2, 0) is 9.53 Å². The molecule has 1 heterocycles. The van der Waals surface area contributed by atoms with Gasteiger partial charge in [0.25, 0.3) is 0 Å². The van der Waals surface area contributed by atoms with Gasteiger partial charge in [-0.1, -0.05) is 0 Å². The highest BCUT2D eigenvalue weighted by atomic mass is 16.5. The van der Waals surface area contributed by atoms with Gasteiger partial charge in [0.15, 0.2) is 0 Å². The second kappa shape index (κ2) is 5.44. The van der Waals surface area contributed by atoms with Gasteiger partial charge in [0.2, 0.25) is 0 Å². The summed E-state index contributed by atoms with van der Waals surface area (Å²) >= 11 is 0. The van der Waals surface area contributed by atoms with Gasteiger partial charge in [-0.3, -0.25) is 9.69 Å². The lowest BCUT2D eigenvalue weighted by Gasteiger charge is -2.40. The summed E-state index contributed by atoms with van der Waals surface area (Å²) in [4.78, 5) is 13.3. The van der Waals surface area contributed by atoms with Gasteiger partial charge in [0.1, 0.15) is 5.54 Å². The fourth-order valence-corrected chi connectivity index (χ4v) is 1.75. The van der Waals surface area contributed by atoms with E-state index >= 15 is 0 Å². The first-order chi connectivity index (χ1) is 7.11. The zero-order chi connectivity index (χ0) is 11.3. The maximum Gasteiger partial charge on any atom is 0.326 e. The van der Waals surface area contributed by atoms with Crippen molar-refractivity contribution in [2.75, 3.05) is 39.4 Å². The van der Waals surface area contributed by atoms with Gasteiger partial charge in [-0.2, -0.15) is 0 Å². The standard InChI is InChI=1S/C10H20N2O3/c1-3-15-8-10(2,9(13)14)12-6-4-11-5-7-12/h11H,3-8H2,1-2H3,(H,13,14). The number of rotatable bonds is 5. The molecule has 88 valence electrons. The van der Waals surface area contributed by atoms with Crippen molar-refractivity contribution in [3.05, 3.63) is 0 Å². The molecule has 1 aliphatic heterocycles. The Bertz CT molecular complexity index is 217. The Balaban J connectivity index is 2.65. The van der Waals surface area contributed by atoms with Crippen molar-refractivity contribution in [1.29, 1.82) is 0 Å². The first-order valence-corrected chi connectivity index (χ1v) is 5.38. The molecule has 0 aromatic heterocycles. The normalized spacial score (nSPS) is 22.3. The third kappa shape index (κ3) is 2.90. The summed E-state index contributed by atoms with van der Waals surface area (Å²) in [6, 6.07) is 0. The average Bonchev–Trinajstić information content (AvgIpc) is 2.27. The van der Waals surface area contributed by atoms with E-state index in [4.69, 9.17) is 4.74 Å². The van der Waals surface area contributed by atoms with Crippen LogP contribution in [0.5, 0.6) is 0 Å². The van der Waals surface area contributed by atoms with E-state index in [1.54, 1.807) is 6.92 Å². The van der Waals surface area contributed by atoms with Gasteiger partial charge >= 0.3 is 5.97 Å². The van der Waals surface area contributed by atoms with Crippen molar-refractivity contribution in [1.82, 2.24) is 10.2 Å². The minimum Gasteiger partial charge on any atom is -0.480 e. The van der Waals surface area contributed by atoms with Gasteiger partial charge < -0.3 is 15.2 Å². The average molecular weight is 216 g/mol. The van der Waals surface area contributed by atoms with Gasteiger partial charge in [0, 0.05) is 32.8 Å². The van der Waals surface area contributed by atoms with Crippen molar-refractivity contribution in [2.45, 2.75) is 19.4 Å². The Hall–Kier alpha value is -0.650. The van der Waals surface area contributed by atoms with Crippen LogP contribution in [0.1, 0.15) is 13.8 Å². The molecule has 1 rings (SSSR count). The van der Waals surface area contributed by atoms with Crippen LogP contribution in [0.2, 0.25) is 0 Å². The van der Waals surface area contributed by atoms with E-state index in [1.165, 1.54) is 0 Å². The number of nitrogens with zero attached hydrogens (tertiary/aromatic N) is 1. The molecule has 1 unspecified atom stereocenters. The van der Waals surface area contributed by atoms with E-state index < -0.39 is 11.5 Å². The molecule has 1 fully saturated rings. The SMILES string of the molecule is CCOCC(C)(C(=O)O)N1CCNCC1. The van der Waals surface area contributed by atoms with E-state index in [9.17, 15) is 9.90 Å². The molecule has 0 aromatic rings. The summed E-state index contributed by atoms with van der Waals surface area (Å²) in [6.45, 7) is 7.61. The topological polar surface area (TPSA) is 61.8 Å². The second-order valence-electron chi connectivity index (χ2n) is 3.95. The van der Waals surface area contributed by atoms with E-state index in [2.05, 4.69) is 5.32 Å². The van der Waals surface area contributed by atoms with E-state index in [0.717, 1.165) is 26.2 Å². The predicted octanol–water partition coefficient (Wildman–Crippen LogP) is -0.229. The number of nitrogens with one attached hydrogen (secondary N) is 1. The fraction of sp³-hybridized carbons (Fsp3) is 0.900. The quantitative estimate of drug-likeness (QED) is 0.665. The monoisotopic (exact) mass is 216 g/mol. The maximum atomic E-state index is 11.3. The van der Waals surface area contributed by atoms with Crippen LogP contribution < -0.4 is 5.32 Å². The maximum absolute atomic E-state index is 11.3. The molecule has 5 heteroatoms. The van der Waals surface area contributed by atoms with Gasteiger partial charge in [0.05, 0.1) is 6.61 Å². The van der Waals surface area contributed by atoms with Crippen LogP contribution in [-0.4, -0.2) is 60.9 Å². The van der Waals surface area contributed by atoms with Crippen molar-refractivity contribution >= 4 is 5.97 Å². The van der Waals surface area contributed by atoms with E-state index in [-0.39, 0.29) is 6.61 Å². The lowest BCUT2D eigenvalue weighted by atomic mass is 10.0. The smallest absolute Gasteiger partial charge is 0.326 e. The molecule has 0 saturated carbocycles. The third-order valence-electron chi connectivity index (χ3n) is 2.86. The van der Waals surface area contributed by atoms with Crippen molar-refractivity contribution in [3.8, 4) is 0 Å². The Morgan fingerprint density at radius 1 is 1.53 bits per heavy atom. The highest BCUT2D eigenvalue weighted by molar-refractivity contribution is 5.78. The molecule has 0 spiro atoms. The fourth-order valence-electron chi connectivity index (χ4n) is 1.75. The van der Waals surface area contributed by atoms with Gasteiger partial charge in [-0.05, 0) is 13.8 Å². The highest BCUT2D eigenvalue weighted by Crippen LogP contribution is 2.16. The Morgan fingerprint density at radius 3 is 2.60 bits per heavy atom. The van der Waals surface area contributed by atoms with Crippen molar-refractivity contribution in [3.63, 3.8) is 0 Å². The largest absolute Gasteiger partial charge is 0.480 e. The molecule has 1 atom stereocenters. The van der Waals surface area contributed by atoms with Crippen LogP contribution in [0.25, 0.3) is 0 Å². The number of carboxylic acids is 1. The molecule has 0 aromatic carbocycles. The summed E-state index contributed by atoms with van der Waals surface area (Å²) < 4.78 is 5.27. The Morgan fingerprint density at radius 2 is 2.13 bits per heavy atom. The number of hydrogen-bond acceptors (Lipinski definition) is 4. The zero-order valence-corrected chi connectivity index (χ0v) is 9.45. The number of ether oxygens (including phenoxy) is 1. The Kier molecular flexibility index (Phi) is 4.50. The van der Waals surface area contributed by atoms with Gasteiger partial charge in [-0.15, -0.1) is 0 Å². The summed E-state index contributed by atoms with van der Waals surface area (Å²) in [7, 11) is 0. The summed E-state index contributed by atoms with van der Waals surface area (Å²) in [5.41, 5.74) is -0.891.